The number of nitrogens with zero attached hydrogens (tertiary/aromatic N) is 4. The Morgan fingerprint density at radius 3 is 2.29 bits per heavy atom. The Kier molecular flexibility index (Phi) is 5.88. The lowest BCUT2D eigenvalue weighted by Gasteiger charge is -2.23. The Hall–Kier alpha value is -3.04. The lowest BCUT2D eigenvalue weighted by molar-refractivity contribution is 0.0986. The van der Waals surface area contributed by atoms with E-state index in [9.17, 15) is 13.2 Å². The van der Waals surface area contributed by atoms with Gasteiger partial charge in [-0.15, -0.1) is 0 Å². The number of sulfonamides is 1. The number of rotatable bonds is 5. The van der Waals surface area contributed by atoms with Crippen molar-refractivity contribution >= 4 is 38.6 Å². The normalized spacial score (nSPS) is 14.4. The Morgan fingerprint density at radius 1 is 1.00 bits per heavy atom. The van der Waals surface area contributed by atoms with Crippen molar-refractivity contribution in [2.24, 2.45) is 0 Å². The molecule has 1 aromatic heterocycles. The molecule has 1 amide bonds. The van der Waals surface area contributed by atoms with Crippen LogP contribution in [0.4, 0.5) is 11.6 Å². The Bertz CT molecular complexity index is 1210. The number of benzene rings is 2. The predicted molar refractivity (Wildman–Crippen MR) is 122 cm³/mol. The molecule has 0 aliphatic carbocycles. The highest BCUT2D eigenvalue weighted by molar-refractivity contribution is 7.88. The second-order valence-corrected chi connectivity index (χ2v) is 9.54. The summed E-state index contributed by atoms with van der Waals surface area (Å²) in [5.41, 5.74) is 3.07. The van der Waals surface area contributed by atoms with E-state index in [1.807, 2.05) is 48.3 Å². The van der Waals surface area contributed by atoms with Crippen LogP contribution in [0, 0.1) is 0 Å². The van der Waals surface area contributed by atoms with Gasteiger partial charge in [-0.2, -0.15) is 0 Å². The average molecular weight is 440 g/mol. The molecule has 9 heteroatoms. The van der Waals surface area contributed by atoms with Crippen LogP contribution in [0.25, 0.3) is 11.0 Å². The second-order valence-electron chi connectivity index (χ2n) is 7.70. The molecule has 162 valence electrons. The van der Waals surface area contributed by atoms with E-state index in [1.165, 1.54) is 0 Å². The summed E-state index contributed by atoms with van der Waals surface area (Å²) in [4.78, 5) is 26.6. The maximum absolute atomic E-state index is 13.4. The van der Waals surface area contributed by atoms with E-state index < -0.39 is 10.0 Å². The van der Waals surface area contributed by atoms with Crippen LogP contribution in [-0.4, -0.2) is 57.2 Å². The Morgan fingerprint density at radius 2 is 1.65 bits per heavy atom. The van der Waals surface area contributed by atoms with E-state index in [1.54, 1.807) is 17.0 Å². The molecule has 8 nitrogen and oxygen atoms in total. The minimum absolute atomic E-state index is 0.123. The summed E-state index contributed by atoms with van der Waals surface area (Å²) in [6.07, 6.45) is 2.50. The van der Waals surface area contributed by atoms with E-state index in [0.717, 1.165) is 35.8 Å². The van der Waals surface area contributed by atoms with Gasteiger partial charge in [0.25, 0.3) is 5.91 Å². The van der Waals surface area contributed by atoms with E-state index in [-0.39, 0.29) is 5.91 Å². The van der Waals surface area contributed by atoms with Gasteiger partial charge in [0.15, 0.2) is 11.6 Å². The van der Waals surface area contributed by atoms with E-state index in [4.69, 9.17) is 9.97 Å². The highest BCUT2D eigenvalue weighted by Crippen LogP contribution is 2.31. The molecular formula is C22H25N5O3S. The predicted octanol–water partition coefficient (Wildman–Crippen LogP) is 2.21. The number of anilines is 2. The first-order chi connectivity index (χ1) is 14.8. The van der Waals surface area contributed by atoms with E-state index >= 15 is 0 Å². The smallest absolute Gasteiger partial charge is 0.259 e. The van der Waals surface area contributed by atoms with Gasteiger partial charge in [-0.25, -0.2) is 23.1 Å². The van der Waals surface area contributed by atoms with Gasteiger partial charge in [0.1, 0.15) is 0 Å². The summed E-state index contributed by atoms with van der Waals surface area (Å²) in [5.74, 6) is 1.15. The molecule has 0 unspecified atom stereocenters. The van der Waals surface area contributed by atoms with Crippen LogP contribution in [-0.2, 0) is 16.4 Å². The molecule has 1 aliphatic heterocycles. The fourth-order valence-corrected chi connectivity index (χ4v) is 4.12. The molecule has 3 aromatic rings. The van der Waals surface area contributed by atoms with Crippen molar-refractivity contribution in [2.45, 2.75) is 12.8 Å². The van der Waals surface area contributed by atoms with Crippen LogP contribution < -0.4 is 14.5 Å². The SMILES string of the molecule is CN1CCCN(C(=O)c2ccc(CCNS(C)(=O)=O)cc2)c2nc3ccccc3nc21. The molecule has 0 saturated carbocycles. The number of aromatic nitrogens is 2. The monoisotopic (exact) mass is 439 g/mol. The van der Waals surface area contributed by atoms with E-state index in [0.29, 0.717) is 36.7 Å². The van der Waals surface area contributed by atoms with Gasteiger partial charge < -0.3 is 4.90 Å². The molecule has 1 aliphatic rings. The van der Waals surface area contributed by atoms with Crippen LogP contribution in [0.15, 0.2) is 48.5 Å². The number of carbonyl (C=O) groups excluding carboxylic acids is 1. The number of carbonyl (C=O) groups is 1. The highest BCUT2D eigenvalue weighted by Gasteiger charge is 2.27. The van der Waals surface area contributed by atoms with Gasteiger partial charge in [0.05, 0.1) is 17.3 Å². The molecule has 2 aromatic carbocycles. The summed E-state index contributed by atoms with van der Waals surface area (Å²) in [6, 6.07) is 14.9. The maximum Gasteiger partial charge on any atom is 0.259 e. The first-order valence-corrected chi connectivity index (χ1v) is 12.0. The third-order valence-corrected chi connectivity index (χ3v) is 5.98. The van der Waals surface area contributed by atoms with Crippen molar-refractivity contribution in [3.8, 4) is 0 Å². The number of hydrogen-bond acceptors (Lipinski definition) is 6. The lowest BCUT2D eigenvalue weighted by atomic mass is 10.1. The Balaban J connectivity index is 1.60. The zero-order valence-corrected chi connectivity index (χ0v) is 18.4. The van der Waals surface area contributed by atoms with Gasteiger partial charge >= 0.3 is 0 Å². The van der Waals surface area contributed by atoms with E-state index in [2.05, 4.69) is 4.72 Å². The fourth-order valence-electron chi connectivity index (χ4n) is 3.64. The van der Waals surface area contributed by atoms with Gasteiger partial charge in [0, 0.05) is 32.2 Å². The minimum Gasteiger partial charge on any atom is -0.357 e. The molecule has 1 N–H and O–H groups in total. The first kappa shape index (κ1) is 21.2. The Labute approximate surface area is 182 Å². The molecule has 0 spiro atoms. The zero-order valence-electron chi connectivity index (χ0n) is 17.6. The topological polar surface area (TPSA) is 95.5 Å². The second kappa shape index (κ2) is 8.60. The number of fused-ring (bicyclic) bond motifs is 2. The standard InChI is InChI=1S/C22H25N5O3S/c1-26-14-5-15-27(21-20(26)24-18-6-3-4-7-19(18)25-21)22(28)17-10-8-16(9-11-17)12-13-23-31(2,29)30/h3-4,6-11,23H,5,12-15H2,1-2H3. The number of nitrogens with one attached hydrogen (secondary N) is 1. The average Bonchev–Trinajstić information content (AvgIpc) is 2.90. The third kappa shape index (κ3) is 4.83. The minimum atomic E-state index is -3.21. The first-order valence-electron chi connectivity index (χ1n) is 10.2. The number of amides is 1. The maximum atomic E-state index is 13.4. The van der Waals surface area contributed by atoms with Crippen LogP contribution in [0.5, 0.6) is 0 Å². The summed E-state index contributed by atoms with van der Waals surface area (Å²) >= 11 is 0. The molecule has 0 saturated heterocycles. The number of para-hydroxylation sites is 2. The van der Waals surface area contributed by atoms with Gasteiger partial charge in [-0.3, -0.25) is 9.69 Å². The summed E-state index contributed by atoms with van der Waals surface area (Å²) in [7, 11) is -1.24. The van der Waals surface area contributed by atoms with Crippen molar-refractivity contribution in [3.63, 3.8) is 0 Å². The molecule has 31 heavy (non-hydrogen) atoms. The summed E-state index contributed by atoms with van der Waals surface area (Å²) in [6.45, 7) is 1.67. The number of hydrogen-bond donors (Lipinski definition) is 1. The largest absolute Gasteiger partial charge is 0.357 e. The van der Waals surface area contributed by atoms with Crippen LogP contribution in [0.2, 0.25) is 0 Å². The van der Waals surface area contributed by atoms with Crippen molar-refractivity contribution < 1.29 is 13.2 Å². The van der Waals surface area contributed by atoms with Gasteiger partial charge in [0.2, 0.25) is 10.0 Å². The quantitative estimate of drug-likeness (QED) is 0.655. The zero-order chi connectivity index (χ0) is 22.0. The third-order valence-electron chi connectivity index (χ3n) is 5.25. The van der Waals surface area contributed by atoms with Crippen LogP contribution in [0.3, 0.4) is 0 Å². The van der Waals surface area contributed by atoms with Crippen LogP contribution in [0.1, 0.15) is 22.3 Å². The molecule has 0 radical (unpaired) electrons. The van der Waals surface area contributed by atoms with Crippen LogP contribution >= 0.6 is 0 Å². The van der Waals surface area contributed by atoms with Crippen molar-refractivity contribution in [1.29, 1.82) is 0 Å². The highest BCUT2D eigenvalue weighted by atomic mass is 32.2. The molecule has 2 heterocycles. The lowest BCUT2D eigenvalue weighted by Crippen LogP contribution is -2.32. The van der Waals surface area contributed by atoms with Crippen molar-refractivity contribution in [3.05, 3.63) is 59.7 Å². The van der Waals surface area contributed by atoms with Crippen molar-refractivity contribution in [2.75, 3.05) is 42.7 Å². The summed E-state index contributed by atoms with van der Waals surface area (Å²) in [5, 5.41) is 0. The summed E-state index contributed by atoms with van der Waals surface area (Å²) < 4.78 is 24.9. The molecule has 0 bridgehead atoms. The molecule has 4 rings (SSSR count). The molecule has 0 fully saturated rings. The molecular weight excluding hydrogens is 414 g/mol. The fraction of sp³-hybridized carbons (Fsp3) is 0.318. The van der Waals surface area contributed by atoms with Gasteiger partial charge in [-0.1, -0.05) is 24.3 Å². The van der Waals surface area contributed by atoms with Gasteiger partial charge in [-0.05, 0) is 42.7 Å². The molecule has 0 atom stereocenters. The van der Waals surface area contributed by atoms with Crippen molar-refractivity contribution in [1.82, 2.24) is 14.7 Å².